The molecule has 0 unspecified atom stereocenters. The van der Waals surface area contributed by atoms with E-state index in [4.69, 9.17) is 9.15 Å². The number of ether oxygens (including phenoxy) is 1. The number of nitrogens with zero attached hydrogens (tertiary/aromatic N) is 2. The van der Waals surface area contributed by atoms with Gasteiger partial charge >= 0.3 is 0 Å². The number of hydrogen-bond donors (Lipinski definition) is 1. The van der Waals surface area contributed by atoms with Gasteiger partial charge in [-0.25, -0.2) is 0 Å². The van der Waals surface area contributed by atoms with E-state index in [0.717, 1.165) is 0 Å². The maximum absolute atomic E-state index is 12.3. The van der Waals surface area contributed by atoms with Gasteiger partial charge in [-0.2, -0.15) is 0 Å². The molecule has 28 heavy (non-hydrogen) atoms. The van der Waals surface area contributed by atoms with Gasteiger partial charge in [-0.1, -0.05) is 18.2 Å². The molecule has 0 spiro atoms. The van der Waals surface area contributed by atoms with Gasteiger partial charge < -0.3 is 24.3 Å². The van der Waals surface area contributed by atoms with E-state index in [1.165, 1.54) is 6.26 Å². The Morgan fingerprint density at radius 3 is 2.36 bits per heavy atom. The first kappa shape index (κ1) is 19.5. The zero-order chi connectivity index (χ0) is 19.8. The number of piperazine rings is 1. The quantitative estimate of drug-likeness (QED) is 0.772. The van der Waals surface area contributed by atoms with Crippen molar-refractivity contribution in [1.29, 1.82) is 0 Å². The van der Waals surface area contributed by atoms with Crippen molar-refractivity contribution in [3.05, 3.63) is 54.5 Å². The first-order valence-corrected chi connectivity index (χ1v) is 9.18. The molecule has 8 heteroatoms. The molecular formula is C20H23N3O5. The summed E-state index contributed by atoms with van der Waals surface area (Å²) in [6.45, 7) is 1.92. The highest BCUT2D eigenvalue weighted by Gasteiger charge is 2.26. The van der Waals surface area contributed by atoms with E-state index in [2.05, 4.69) is 5.32 Å². The lowest BCUT2D eigenvalue weighted by atomic mass is 10.2. The molecule has 0 radical (unpaired) electrons. The predicted molar refractivity (Wildman–Crippen MR) is 101 cm³/mol. The third kappa shape index (κ3) is 5.35. The molecule has 1 aromatic heterocycles. The van der Waals surface area contributed by atoms with Crippen molar-refractivity contribution in [3.8, 4) is 5.75 Å². The number of amides is 3. The molecule has 1 aliphatic heterocycles. The summed E-state index contributed by atoms with van der Waals surface area (Å²) < 4.78 is 10.6. The lowest BCUT2D eigenvalue weighted by Crippen LogP contribution is -2.52. The predicted octanol–water partition coefficient (Wildman–Crippen LogP) is 1.15. The first-order chi connectivity index (χ1) is 13.6. The third-order valence-electron chi connectivity index (χ3n) is 4.43. The largest absolute Gasteiger partial charge is 0.493 e. The van der Waals surface area contributed by atoms with Crippen molar-refractivity contribution >= 4 is 17.7 Å². The highest BCUT2D eigenvalue weighted by Crippen LogP contribution is 2.10. The number of rotatable bonds is 7. The summed E-state index contributed by atoms with van der Waals surface area (Å²) in [5.74, 6) is 0.417. The highest BCUT2D eigenvalue weighted by atomic mass is 16.5. The Hall–Kier alpha value is -3.29. The van der Waals surface area contributed by atoms with Gasteiger partial charge in [-0.05, 0) is 24.3 Å². The minimum absolute atomic E-state index is 0.0592. The fourth-order valence-electron chi connectivity index (χ4n) is 2.87. The summed E-state index contributed by atoms with van der Waals surface area (Å²) in [6, 6.07) is 12.5. The summed E-state index contributed by atoms with van der Waals surface area (Å²) >= 11 is 0. The van der Waals surface area contributed by atoms with E-state index in [1.54, 1.807) is 21.9 Å². The molecule has 0 saturated carbocycles. The maximum atomic E-state index is 12.3. The number of carbonyl (C=O) groups excluding carboxylic acids is 3. The number of furan rings is 1. The second kappa shape index (κ2) is 9.59. The number of nitrogens with one attached hydrogen (secondary N) is 1. The SMILES string of the molecule is O=C(CCOc1ccccc1)NCC(=O)N1CCN(C(=O)c2ccco2)CC1. The van der Waals surface area contributed by atoms with Gasteiger partial charge in [0.15, 0.2) is 5.76 Å². The minimum Gasteiger partial charge on any atom is -0.493 e. The van der Waals surface area contributed by atoms with Gasteiger partial charge in [-0.15, -0.1) is 0 Å². The van der Waals surface area contributed by atoms with Gasteiger partial charge in [0, 0.05) is 26.2 Å². The third-order valence-corrected chi connectivity index (χ3v) is 4.43. The molecule has 1 aromatic carbocycles. The summed E-state index contributed by atoms with van der Waals surface area (Å²) in [5, 5.41) is 2.62. The van der Waals surface area contributed by atoms with Crippen LogP contribution in [0.1, 0.15) is 17.0 Å². The van der Waals surface area contributed by atoms with E-state index in [-0.39, 0.29) is 37.3 Å². The lowest BCUT2D eigenvalue weighted by molar-refractivity contribution is -0.134. The molecule has 3 amide bonds. The van der Waals surface area contributed by atoms with Gasteiger partial charge in [-0.3, -0.25) is 14.4 Å². The van der Waals surface area contributed by atoms with Gasteiger partial charge in [0.2, 0.25) is 11.8 Å². The molecule has 3 rings (SSSR count). The van der Waals surface area contributed by atoms with E-state index >= 15 is 0 Å². The smallest absolute Gasteiger partial charge is 0.289 e. The summed E-state index contributed by atoms with van der Waals surface area (Å²) in [4.78, 5) is 39.6. The van der Waals surface area contributed by atoms with Crippen LogP contribution in [-0.4, -0.2) is 66.9 Å². The second-order valence-corrected chi connectivity index (χ2v) is 6.34. The van der Waals surface area contributed by atoms with Crippen molar-refractivity contribution in [2.24, 2.45) is 0 Å². The molecule has 1 aliphatic rings. The van der Waals surface area contributed by atoms with Gasteiger partial charge in [0.25, 0.3) is 5.91 Å². The van der Waals surface area contributed by atoms with Crippen molar-refractivity contribution in [3.63, 3.8) is 0 Å². The molecule has 0 bridgehead atoms. The topological polar surface area (TPSA) is 92.1 Å². The van der Waals surface area contributed by atoms with Crippen LogP contribution in [0.2, 0.25) is 0 Å². The molecule has 0 aliphatic carbocycles. The van der Waals surface area contributed by atoms with E-state index in [1.807, 2.05) is 30.3 Å². The average Bonchev–Trinajstić information content (AvgIpc) is 3.27. The fourth-order valence-corrected chi connectivity index (χ4v) is 2.87. The van der Waals surface area contributed by atoms with Crippen LogP contribution in [0, 0.1) is 0 Å². The monoisotopic (exact) mass is 385 g/mol. The first-order valence-electron chi connectivity index (χ1n) is 9.18. The molecule has 1 saturated heterocycles. The van der Waals surface area contributed by atoms with Crippen molar-refractivity contribution in [2.45, 2.75) is 6.42 Å². The summed E-state index contributed by atoms with van der Waals surface area (Å²) in [7, 11) is 0. The molecule has 0 atom stereocenters. The Bertz CT molecular complexity index is 783. The summed E-state index contributed by atoms with van der Waals surface area (Å²) in [5.41, 5.74) is 0. The number of carbonyl (C=O) groups is 3. The van der Waals surface area contributed by atoms with E-state index in [9.17, 15) is 14.4 Å². The molecule has 2 heterocycles. The van der Waals surface area contributed by atoms with Gasteiger partial charge in [0.05, 0.1) is 25.8 Å². The van der Waals surface area contributed by atoms with Crippen LogP contribution in [-0.2, 0) is 9.59 Å². The Morgan fingerprint density at radius 2 is 1.68 bits per heavy atom. The zero-order valence-electron chi connectivity index (χ0n) is 15.5. The molecular weight excluding hydrogens is 362 g/mol. The van der Waals surface area contributed by atoms with Crippen LogP contribution in [0.4, 0.5) is 0 Å². The lowest BCUT2D eigenvalue weighted by Gasteiger charge is -2.34. The second-order valence-electron chi connectivity index (χ2n) is 6.34. The van der Waals surface area contributed by atoms with Crippen molar-refractivity contribution in [1.82, 2.24) is 15.1 Å². The Labute approximate surface area is 163 Å². The van der Waals surface area contributed by atoms with Crippen molar-refractivity contribution < 1.29 is 23.5 Å². The average molecular weight is 385 g/mol. The maximum Gasteiger partial charge on any atom is 0.289 e. The molecule has 148 valence electrons. The van der Waals surface area contributed by atoms with Crippen LogP contribution in [0.15, 0.2) is 53.1 Å². The number of hydrogen-bond acceptors (Lipinski definition) is 5. The standard InChI is InChI=1S/C20H23N3O5/c24-18(8-14-27-16-5-2-1-3-6-16)21-15-19(25)22-9-11-23(12-10-22)20(26)17-7-4-13-28-17/h1-7,13H,8-12,14-15H2,(H,21,24). The molecule has 1 fully saturated rings. The van der Waals surface area contributed by atoms with Crippen LogP contribution in [0.3, 0.4) is 0 Å². The van der Waals surface area contributed by atoms with Crippen LogP contribution in [0.5, 0.6) is 5.75 Å². The van der Waals surface area contributed by atoms with E-state index < -0.39 is 0 Å². The zero-order valence-corrected chi connectivity index (χ0v) is 15.5. The minimum atomic E-state index is -0.240. The summed E-state index contributed by atoms with van der Waals surface area (Å²) in [6.07, 6.45) is 1.63. The normalized spacial score (nSPS) is 13.9. The van der Waals surface area contributed by atoms with Crippen molar-refractivity contribution in [2.75, 3.05) is 39.3 Å². The van der Waals surface area contributed by atoms with E-state index in [0.29, 0.717) is 37.7 Å². The highest BCUT2D eigenvalue weighted by molar-refractivity contribution is 5.91. The van der Waals surface area contributed by atoms with Gasteiger partial charge in [0.1, 0.15) is 5.75 Å². The molecule has 8 nitrogen and oxygen atoms in total. The Kier molecular flexibility index (Phi) is 6.67. The Morgan fingerprint density at radius 1 is 0.964 bits per heavy atom. The van der Waals surface area contributed by atoms with Crippen LogP contribution < -0.4 is 10.1 Å². The molecule has 2 aromatic rings. The Balaban J connectivity index is 1.33. The van der Waals surface area contributed by atoms with Crippen LogP contribution >= 0.6 is 0 Å². The fraction of sp³-hybridized carbons (Fsp3) is 0.350. The number of para-hydroxylation sites is 1. The molecule has 1 N–H and O–H groups in total. The number of benzene rings is 1. The van der Waals surface area contributed by atoms with Crippen LogP contribution in [0.25, 0.3) is 0 Å².